The van der Waals surface area contributed by atoms with Crippen molar-refractivity contribution in [3.8, 4) is 5.88 Å². The number of aromatic amines is 1. The fourth-order valence-corrected chi connectivity index (χ4v) is 3.22. The molecule has 0 radical (unpaired) electrons. The van der Waals surface area contributed by atoms with Crippen LogP contribution in [0.2, 0.25) is 0 Å². The number of aromatic nitrogens is 3. The summed E-state index contributed by atoms with van der Waals surface area (Å²) in [5.74, 6) is 0.143. The molecule has 9 heteroatoms. The molecule has 3 aromatic rings. The van der Waals surface area contributed by atoms with Gasteiger partial charge in [-0.1, -0.05) is 0 Å². The number of carbonyl (C=O) groups is 1. The number of ether oxygens (including phenoxy) is 1. The Labute approximate surface area is 139 Å². The Bertz CT molecular complexity index is 1030. The summed E-state index contributed by atoms with van der Waals surface area (Å²) in [7, 11) is 3.06. The summed E-state index contributed by atoms with van der Waals surface area (Å²) >= 11 is 1.10. The number of carbonyl (C=O) groups excluding carboxylic acids is 1. The number of pyridine rings is 1. The number of rotatable bonds is 4. The Morgan fingerprint density at radius 1 is 1.42 bits per heavy atom. The largest absolute Gasteiger partial charge is 0.481 e. The lowest BCUT2D eigenvalue weighted by Gasteiger charge is -2.05. The first-order valence-corrected chi connectivity index (χ1v) is 7.81. The Hall–Kier alpha value is -2.94. The average molecular weight is 346 g/mol. The quantitative estimate of drug-likeness (QED) is 0.720. The van der Waals surface area contributed by atoms with Crippen LogP contribution in [0, 0.1) is 0 Å². The number of hydrogen-bond donors (Lipinski definition) is 2. The lowest BCUT2D eigenvalue weighted by Crippen LogP contribution is -2.27. The van der Waals surface area contributed by atoms with Crippen molar-refractivity contribution in [2.45, 2.75) is 6.54 Å². The van der Waals surface area contributed by atoms with E-state index in [1.807, 2.05) is 0 Å². The molecular weight excluding hydrogens is 332 g/mol. The standard InChI is InChI=1S/C15H14N4O4S/c1-19-14-9(12(20)18-15(19)22)6-10(24-14)13(21)17-7-8-3-4-16-11(5-8)23-2/h3-6H,7H2,1-2H3,(H,17,21)(H,18,20,22). The third-order valence-corrected chi connectivity index (χ3v) is 4.68. The van der Waals surface area contributed by atoms with E-state index in [4.69, 9.17) is 4.74 Å². The maximum absolute atomic E-state index is 12.3. The van der Waals surface area contributed by atoms with Gasteiger partial charge in [-0.2, -0.15) is 0 Å². The van der Waals surface area contributed by atoms with Crippen molar-refractivity contribution in [2.75, 3.05) is 7.11 Å². The molecule has 0 unspecified atom stereocenters. The maximum atomic E-state index is 12.3. The van der Waals surface area contributed by atoms with Gasteiger partial charge in [-0.05, 0) is 17.7 Å². The zero-order valence-corrected chi connectivity index (χ0v) is 13.8. The van der Waals surface area contributed by atoms with E-state index >= 15 is 0 Å². The number of fused-ring (bicyclic) bond motifs is 1. The van der Waals surface area contributed by atoms with Crippen LogP contribution in [0.1, 0.15) is 15.2 Å². The molecule has 0 aliphatic carbocycles. The lowest BCUT2D eigenvalue weighted by molar-refractivity contribution is 0.0955. The van der Waals surface area contributed by atoms with E-state index < -0.39 is 11.2 Å². The summed E-state index contributed by atoms with van der Waals surface area (Å²) < 4.78 is 6.34. The van der Waals surface area contributed by atoms with Gasteiger partial charge in [-0.15, -0.1) is 11.3 Å². The first-order chi connectivity index (χ1) is 11.5. The molecule has 24 heavy (non-hydrogen) atoms. The van der Waals surface area contributed by atoms with E-state index in [0.29, 0.717) is 27.5 Å². The van der Waals surface area contributed by atoms with E-state index in [1.54, 1.807) is 25.4 Å². The van der Waals surface area contributed by atoms with Gasteiger partial charge in [0.05, 0.1) is 17.4 Å². The van der Waals surface area contributed by atoms with Crippen molar-refractivity contribution >= 4 is 27.5 Å². The van der Waals surface area contributed by atoms with Gasteiger partial charge in [-0.25, -0.2) is 9.78 Å². The summed E-state index contributed by atoms with van der Waals surface area (Å²) in [6, 6.07) is 4.97. The first kappa shape index (κ1) is 15.9. The van der Waals surface area contributed by atoms with Gasteiger partial charge in [0.15, 0.2) is 0 Å². The van der Waals surface area contributed by atoms with E-state index in [-0.39, 0.29) is 5.91 Å². The number of hydrogen-bond acceptors (Lipinski definition) is 6. The molecule has 3 heterocycles. The van der Waals surface area contributed by atoms with Crippen LogP contribution < -0.4 is 21.3 Å². The maximum Gasteiger partial charge on any atom is 0.329 e. The highest BCUT2D eigenvalue weighted by molar-refractivity contribution is 7.20. The number of nitrogens with one attached hydrogen (secondary N) is 2. The summed E-state index contributed by atoms with van der Waals surface area (Å²) in [6.45, 7) is 0.293. The number of methoxy groups -OCH3 is 1. The SMILES string of the molecule is COc1cc(CNC(=O)c2cc3c(=O)[nH]c(=O)n(C)c3s2)ccn1. The van der Waals surface area contributed by atoms with Crippen LogP contribution in [0.3, 0.4) is 0 Å². The molecular formula is C15H14N4O4S. The van der Waals surface area contributed by atoms with Crippen LogP contribution in [-0.4, -0.2) is 27.6 Å². The van der Waals surface area contributed by atoms with Crippen molar-refractivity contribution in [2.24, 2.45) is 7.05 Å². The van der Waals surface area contributed by atoms with Gasteiger partial charge in [0.1, 0.15) is 4.83 Å². The molecule has 124 valence electrons. The van der Waals surface area contributed by atoms with Crippen molar-refractivity contribution in [3.63, 3.8) is 0 Å². The third-order valence-electron chi connectivity index (χ3n) is 3.47. The fraction of sp³-hybridized carbons (Fsp3) is 0.200. The van der Waals surface area contributed by atoms with Crippen LogP contribution in [0.5, 0.6) is 5.88 Å². The Kier molecular flexibility index (Phi) is 4.17. The molecule has 0 atom stereocenters. The van der Waals surface area contributed by atoms with Crippen molar-refractivity contribution in [1.82, 2.24) is 19.9 Å². The van der Waals surface area contributed by atoms with E-state index in [0.717, 1.165) is 16.9 Å². The molecule has 0 aromatic carbocycles. The van der Waals surface area contributed by atoms with Crippen LogP contribution in [0.4, 0.5) is 0 Å². The van der Waals surface area contributed by atoms with Gasteiger partial charge < -0.3 is 10.1 Å². The van der Waals surface area contributed by atoms with Crippen molar-refractivity contribution in [1.29, 1.82) is 0 Å². The smallest absolute Gasteiger partial charge is 0.329 e. The second-order valence-corrected chi connectivity index (χ2v) is 6.07. The van der Waals surface area contributed by atoms with Crippen LogP contribution in [0.25, 0.3) is 10.2 Å². The predicted octanol–water partition coefficient (Wildman–Crippen LogP) is 0.622. The molecule has 0 aliphatic rings. The molecule has 0 bridgehead atoms. The number of thiophene rings is 1. The van der Waals surface area contributed by atoms with Crippen LogP contribution in [-0.2, 0) is 13.6 Å². The van der Waals surface area contributed by atoms with E-state index in [1.165, 1.54) is 17.7 Å². The highest BCUT2D eigenvalue weighted by Gasteiger charge is 2.14. The monoisotopic (exact) mass is 346 g/mol. The zero-order valence-electron chi connectivity index (χ0n) is 13.0. The number of nitrogens with zero attached hydrogens (tertiary/aromatic N) is 2. The van der Waals surface area contributed by atoms with Crippen molar-refractivity contribution in [3.05, 3.63) is 55.7 Å². The molecule has 1 amide bonds. The van der Waals surface area contributed by atoms with E-state index in [2.05, 4.69) is 15.3 Å². The first-order valence-electron chi connectivity index (χ1n) is 6.99. The van der Waals surface area contributed by atoms with Crippen LogP contribution in [0.15, 0.2) is 34.0 Å². The van der Waals surface area contributed by atoms with Gasteiger partial charge in [-0.3, -0.25) is 19.1 Å². The Balaban J connectivity index is 1.84. The van der Waals surface area contributed by atoms with Gasteiger partial charge in [0.25, 0.3) is 11.5 Å². The van der Waals surface area contributed by atoms with Crippen molar-refractivity contribution < 1.29 is 9.53 Å². The highest BCUT2D eigenvalue weighted by atomic mass is 32.1. The Morgan fingerprint density at radius 3 is 2.96 bits per heavy atom. The van der Waals surface area contributed by atoms with Gasteiger partial charge >= 0.3 is 5.69 Å². The fourth-order valence-electron chi connectivity index (χ4n) is 2.19. The molecule has 0 aliphatic heterocycles. The molecule has 0 saturated heterocycles. The topological polar surface area (TPSA) is 106 Å². The molecule has 0 spiro atoms. The minimum Gasteiger partial charge on any atom is -0.481 e. The summed E-state index contributed by atoms with van der Waals surface area (Å²) in [6.07, 6.45) is 1.59. The molecule has 3 rings (SSSR count). The third kappa shape index (κ3) is 2.93. The van der Waals surface area contributed by atoms with E-state index in [9.17, 15) is 14.4 Å². The zero-order chi connectivity index (χ0) is 17.3. The summed E-state index contributed by atoms with van der Waals surface area (Å²) in [5.41, 5.74) is -0.172. The second-order valence-electron chi connectivity index (χ2n) is 5.04. The normalized spacial score (nSPS) is 10.8. The number of H-pyrrole nitrogens is 1. The second kappa shape index (κ2) is 6.28. The predicted molar refractivity (Wildman–Crippen MR) is 89.6 cm³/mol. The summed E-state index contributed by atoms with van der Waals surface area (Å²) in [5, 5.41) is 3.09. The molecule has 0 saturated carbocycles. The highest BCUT2D eigenvalue weighted by Crippen LogP contribution is 2.21. The molecule has 3 aromatic heterocycles. The molecule has 0 fully saturated rings. The molecule has 8 nitrogen and oxygen atoms in total. The van der Waals surface area contributed by atoms with Gasteiger partial charge in [0, 0.05) is 25.9 Å². The van der Waals surface area contributed by atoms with Gasteiger partial charge in [0.2, 0.25) is 5.88 Å². The number of aryl methyl sites for hydroxylation is 1. The van der Waals surface area contributed by atoms with Crippen LogP contribution >= 0.6 is 11.3 Å². The minimum atomic E-state index is -0.509. The molecule has 2 N–H and O–H groups in total. The lowest BCUT2D eigenvalue weighted by atomic mass is 10.2. The summed E-state index contributed by atoms with van der Waals surface area (Å²) in [4.78, 5) is 42.7. The Morgan fingerprint density at radius 2 is 2.21 bits per heavy atom. The number of amides is 1. The average Bonchev–Trinajstić information content (AvgIpc) is 3.04. The minimum absolute atomic E-state index is 0.293.